The first kappa shape index (κ1) is 42.7. The highest BCUT2D eigenvalue weighted by Crippen LogP contribution is 2.31. The Labute approximate surface area is 279 Å². The Morgan fingerprint density at radius 2 is 1.13 bits per heavy atom. The van der Waals surface area contributed by atoms with E-state index in [0.717, 1.165) is 45.4 Å². The van der Waals surface area contributed by atoms with Crippen molar-refractivity contribution >= 4 is 23.9 Å². The van der Waals surface area contributed by atoms with Crippen LogP contribution in [0.3, 0.4) is 0 Å². The van der Waals surface area contributed by atoms with Gasteiger partial charge in [-0.3, -0.25) is 19.2 Å². The topological polar surface area (TPSA) is 184 Å². The van der Waals surface area contributed by atoms with Crippen molar-refractivity contribution in [1.82, 2.24) is 0 Å². The van der Waals surface area contributed by atoms with E-state index in [9.17, 15) is 34.5 Å². The number of ether oxygens (including phenoxy) is 6. The van der Waals surface area contributed by atoms with Gasteiger partial charge in [0.15, 0.2) is 24.6 Å². The van der Waals surface area contributed by atoms with Crippen LogP contribution in [0.4, 0.5) is 0 Å². The average molecular weight is 677 g/mol. The molecule has 1 heterocycles. The highest BCUT2D eigenvalue weighted by atomic mass is 16.7. The van der Waals surface area contributed by atoms with E-state index < -0.39 is 86.6 Å². The Hall–Kier alpha value is -2.32. The van der Waals surface area contributed by atoms with Crippen LogP contribution in [0.2, 0.25) is 0 Å². The number of esters is 4. The molecular weight excluding hydrogens is 616 g/mol. The van der Waals surface area contributed by atoms with Crippen LogP contribution in [0.1, 0.15) is 130 Å². The molecule has 0 aromatic heterocycles. The molecule has 0 unspecified atom stereocenters. The van der Waals surface area contributed by atoms with Gasteiger partial charge in [-0.1, -0.05) is 90.9 Å². The highest BCUT2D eigenvalue weighted by Gasteiger charge is 2.53. The molecule has 13 nitrogen and oxygen atoms in total. The zero-order valence-corrected chi connectivity index (χ0v) is 28.9. The molecule has 0 spiro atoms. The number of unbranched alkanes of at least 4 members (excludes halogenated alkanes) is 12. The first-order chi connectivity index (χ1) is 22.5. The lowest BCUT2D eigenvalue weighted by atomic mass is 9.97. The molecule has 47 heavy (non-hydrogen) atoms. The second kappa shape index (κ2) is 25.7. The molecule has 0 aromatic rings. The molecule has 3 N–H and O–H groups in total. The molecule has 0 saturated carbocycles. The van der Waals surface area contributed by atoms with E-state index in [2.05, 4.69) is 6.92 Å². The van der Waals surface area contributed by atoms with Crippen molar-refractivity contribution in [2.45, 2.75) is 173 Å². The minimum absolute atomic E-state index is 0.0530. The molecule has 1 fully saturated rings. The smallest absolute Gasteiger partial charge is 0.306 e. The highest BCUT2D eigenvalue weighted by molar-refractivity contribution is 5.71. The van der Waals surface area contributed by atoms with Gasteiger partial charge in [0.2, 0.25) is 0 Å². The third-order valence-corrected chi connectivity index (χ3v) is 7.91. The van der Waals surface area contributed by atoms with Gasteiger partial charge in [0.1, 0.15) is 24.9 Å². The fourth-order valence-corrected chi connectivity index (χ4v) is 5.24. The predicted molar refractivity (Wildman–Crippen MR) is 171 cm³/mol. The SMILES string of the molecule is CCCCCCCCCCCCCC(=O)O[C@@H]1[C@H](OC(=O)CCCCC)[C@H](OC[C@H](O)[C@H](O)CO)O[C@H](COC(C)=O)[C@H]1OC(C)=O. The second-order valence-electron chi connectivity index (χ2n) is 12.2. The van der Waals surface area contributed by atoms with E-state index in [1.165, 1.54) is 45.4 Å². The van der Waals surface area contributed by atoms with E-state index in [0.29, 0.717) is 12.8 Å². The average Bonchev–Trinajstić information content (AvgIpc) is 3.03. The number of hydrogen-bond acceptors (Lipinski definition) is 13. The van der Waals surface area contributed by atoms with Crippen LogP contribution in [-0.2, 0) is 47.6 Å². The van der Waals surface area contributed by atoms with Gasteiger partial charge < -0.3 is 43.7 Å². The molecule has 0 amide bonds. The lowest BCUT2D eigenvalue weighted by Crippen LogP contribution is -2.63. The molecule has 7 atom stereocenters. The normalized spacial score (nSPS) is 22.2. The van der Waals surface area contributed by atoms with Crippen molar-refractivity contribution in [2.24, 2.45) is 0 Å². The van der Waals surface area contributed by atoms with Gasteiger partial charge in [0.25, 0.3) is 0 Å². The molecule has 1 aliphatic rings. The molecule has 1 aliphatic heterocycles. The van der Waals surface area contributed by atoms with Crippen molar-refractivity contribution in [3.8, 4) is 0 Å². The Kier molecular flexibility index (Phi) is 23.3. The molecule has 0 bridgehead atoms. The van der Waals surface area contributed by atoms with Crippen molar-refractivity contribution in [2.75, 3.05) is 19.8 Å². The lowest BCUT2D eigenvalue weighted by molar-refractivity contribution is -0.312. The van der Waals surface area contributed by atoms with Crippen molar-refractivity contribution < 1.29 is 62.9 Å². The van der Waals surface area contributed by atoms with E-state index in [4.69, 9.17) is 28.4 Å². The van der Waals surface area contributed by atoms with E-state index in [1.54, 1.807) is 0 Å². The Morgan fingerprint density at radius 3 is 1.64 bits per heavy atom. The largest absolute Gasteiger partial charge is 0.463 e. The number of aliphatic hydroxyl groups excluding tert-OH is 3. The summed E-state index contributed by atoms with van der Waals surface area (Å²) in [6.45, 7) is 4.79. The number of aliphatic hydroxyl groups is 3. The van der Waals surface area contributed by atoms with Crippen LogP contribution < -0.4 is 0 Å². The summed E-state index contributed by atoms with van der Waals surface area (Å²) in [5.41, 5.74) is 0. The zero-order chi connectivity index (χ0) is 35.0. The molecule has 13 heteroatoms. The van der Waals surface area contributed by atoms with Gasteiger partial charge in [-0.05, 0) is 12.8 Å². The molecule has 1 rings (SSSR count). The number of rotatable bonds is 26. The fraction of sp³-hybridized carbons (Fsp3) is 0.882. The van der Waals surface area contributed by atoms with Crippen molar-refractivity contribution in [1.29, 1.82) is 0 Å². The maximum absolute atomic E-state index is 13.1. The maximum Gasteiger partial charge on any atom is 0.306 e. The van der Waals surface area contributed by atoms with Crippen LogP contribution in [0.25, 0.3) is 0 Å². The lowest BCUT2D eigenvalue weighted by Gasteiger charge is -2.44. The van der Waals surface area contributed by atoms with Gasteiger partial charge in [-0.15, -0.1) is 0 Å². The summed E-state index contributed by atoms with van der Waals surface area (Å²) in [5.74, 6) is -2.64. The van der Waals surface area contributed by atoms with Crippen molar-refractivity contribution in [3.63, 3.8) is 0 Å². The van der Waals surface area contributed by atoms with E-state index in [-0.39, 0.29) is 12.8 Å². The molecular formula is C34H60O13. The fourth-order valence-electron chi connectivity index (χ4n) is 5.24. The Balaban J connectivity index is 3.07. The summed E-state index contributed by atoms with van der Waals surface area (Å²) in [4.78, 5) is 49.9. The quantitative estimate of drug-likeness (QED) is 0.0678. The van der Waals surface area contributed by atoms with Gasteiger partial charge >= 0.3 is 23.9 Å². The van der Waals surface area contributed by atoms with Crippen LogP contribution in [0.15, 0.2) is 0 Å². The summed E-state index contributed by atoms with van der Waals surface area (Å²) in [5, 5.41) is 29.2. The van der Waals surface area contributed by atoms with E-state index in [1.807, 2.05) is 6.92 Å². The summed E-state index contributed by atoms with van der Waals surface area (Å²) in [6.07, 6.45) is 4.50. The monoisotopic (exact) mass is 676 g/mol. The van der Waals surface area contributed by atoms with E-state index >= 15 is 0 Å². The molecule has 274 valence electrons. The first-order valence-corrected chi connectivity index (χ1v) is 17.5. The molecule has 0 aromatic carbocycles. The van der Waals surface area contributed by atoms with Gasteiger partial charge in [0, 0.05) is 26.7 Å². The zero-order valence-electron chi connectivity index (χ0n) is 28.9. The van der Waals surface area contributed by atoms with Crippen molar-refractivity contribution in [3.05, 3.63) is 0 Å². The third kappa shape index (κ3) is 18.7. The van der Waals surface area contributed by atoms with Gasteiger partial charge in [-0.2, -0.15) is 0 Å². The standard InChI is InChI=1S/C34H60O13/c1-5-7-9-10-11-12-13-14-15-16-18-20-29(40)46-32-31(44-25(4)37)28(23-42-24(3)36)45-34(43-22-27(39)26(38)21-35)33(32)47-30(41)19-17-8-6-2/h26-28,31-35,38-39H,5-23H2,1-4H3/t26-,27+,28-,31-,32+,33+,34-/m1/s1. The maximum atomic E-state index is 13.1. The second-order valence-corrected chi connectivity index (χ2v) is 12.2. The Bertz CT molecular complexity index is 882. The predicted octanol–water partition coefficient (Wildman–Crippen LogP) is 4.04. The summed E-state index contributed by atoms with van der Waals surface area (Å²) in [7, 11) is 0. The minimum Gasteiger partial charge on any atom is -0.463 e. The molecule has 0 aliphatic carbocycles. The van der Waals surface area contributed by atoms with Crippen LogP contribution in [-0.4, -0.2) is 102 Å². The molecule has 0 radical (unpaired) electrons. The van der Waals surface area contributed by atoms with Crippen LogP contribution >= 0.6 is 0 Å². The number of carbonyl (C=O) groups is 4. The number of carbonyl (C=O) groups excluding carboxylic acids is 4. The van der Waals surface area contributed by atoms with Gasteiger partial charge in [-0.25, -0.2) is 0 Å². The van der Waals surface area contributed by atoms with Crippen LogP contribution in [0, 0.1) is 0 Å². The third-order valence-electron chi connectivity index (χ3n) is 7.91. The molecule has 1 saturated heterocycles. The van der Waals surface area contributed by atoms with Crippen LogP contribution in [0.5, 0.6) is 0 Å². The van der Waals surface area contributed by atoms with Gasteiger partial charge in [0.05, 0.1) is 13.2 Å². The summed E-state index contributed by atoms with van der Waals surface area (Å²) in [6, 6.07) is 0. The first-order valence-electron chi connectivity index (χ1n) is 17.5. The minimum atomic E-state index is -1.54. The number of hydrogen-bond donors (Lipinski definition) is 3. The summed E-state index contributed by atoms with van der Waals surface area (Å²) >= 11 is 0. The Morgan fingerprint density at radius 1 is 0.638 bits per heavy atom. The summed E-state index contributed by atoms with van der Waals surface area (Å²) < 4.78 is 33.8.